The second kappa shape index (κ2) is 5.20. The standard InChI is InChI=1S/C22H22N2/c1-15-14-24-20(22(2,3)4)19(16-10-6-5-7-11-16)17-12-8-9-13-18(17)21(24)23-15/h5-14H,1-4H3. The van der Waals surface area contributed by atoms with Crippen LogP contribution in [0.1, 0.15) is 32.2 Å². The van der Waals surface area contributed by atoms with Gasteiger partial charge in [-0.2, -0.15) is 0 Å². The Hall–Kier alpha value is -2.61. The third-order valence-corrected chi connectivity index (χ3v) is 4.51. The summed E-state index contributed by atoms with van der Waals surface area (Å²) in [6.07, 6.45) is 2.16. The minimum atomic E-state index is 0.000591. The third-order valence-electron chi connectivity index (χ3n) is 4.51. The zero-order chi connectivity index (χ0) is 16.9. The summed E-state index contributed by atoms with van der Waals surface area (Å²) >= 11 is 0. The van der Waals surface area contributed by atoms with Gasteiger partial charge in [0.1, 0.15) is 5.65 Å². The smallest absolute Gasteiger partial charge is 0.145 e. The lowest BCUT2D eigenvalue weighted by Gasteiger charge is -2.26. The molecule has 0 aliphatic heterocycles. The van der Waals surface area contributed by atoms with Crippen LogP contribution in [0.5, 0.6) is 0 Å². The van der Waals surface area contributed by atoms with Crippen molar-refractivity contribution in [3.63, 3.8) is 0 Å². The van der Waals surface area contributed by atoms with Crippen molar-refractivity contribution < 1.29 is 0 Å². The molecule has 0 spiro atoms. The SMILES string of the molecule is Cc1cn2c(C(C)(C)C)c(-c3ccccc3)c3ccccc3c2n1. The first-order chi connectivity index (χ1) is 11.5. The van der Waals surface area contributed by atoms with E-state index in [4.69, 9.17) is 4.98 Å². The second-order valence-corrected chi connectivity index (χ2v) is 7.46. The first-order valence-electron chi connectivity index (χ1n) is 8.43. The summed E-state index contributed by atoms with van der Waals surface area (Å²) in [5.41, 5.74) is 5.97. The highest BCUT2D eigenvalue weighted by Crippen LogP contribution is 2.40. The van der Waals surface area contributed by atoms with Gasteiger partial charge >= 0.3 is 0 Å². The normalized spacial score (nSPS) is 12.2. The van der Waals surface area contributed by atoms with Crippen LogP contribution in [0.3, 0.4) is 0 Å². The van der Waals surface area contributed by atoms with Crippen LogP contribution in [-0.2, 0) is 5.41 Å². The number of pyridine rings is 1. The Balaban J connectivity index is 2.30. The molecule has 0 amide bonds. The molecule has 4 aromatic rings. The van der Waals surface area contributed by atoms with E-state index in [0.717, 1.165) is 11.3 Å². The minimum absolute atomic E-state index is 0.000591. The lowest BCUT2D eigenvalue weighted by Crippen LogP contribution is -2.18. The Morgan fingerprint density at radius 1 is 0.833 bits per heavy atom. The molecule has 2 heteroatoms. The molecule has 24 heavy (non-hydrogen) atoms. The molecule has 0 saturated heterocycles. The molecule has 120 valence electrons. The van der Waals surface area contributed by atoms with Crippen molar-refractivity contribution in [1.29, 1.82) is 0 Å². The number of benzene rings is 2. The summed E-state index contributed by atoms with van der Waals surface area (Å²) < 4.78 is 2.29. The number of imidazole rings is 1. The molecule has 0 radical (unpaired) electrons. The van der Waals surface area contributed by atoms with Gasteiger partial charge in [-0.3, -0.25) is 0 Å². The fourth-order valence-electron chi connectivity index (χ4n) is 3.64. The quantitative estimate of drug-likeness (QED) is 0.436. The van der Waals surface area contributed by atoms with E-state index in [1.54, 1.807) is 0 Å². The molecule has 2 nitrogen and oxygen atoms in total. The minimum Gasteiger partial charge on any atom is -0.302 e. The van der Waals surface area contributed by atoms with Gasteiger partial charge in [0, 0.05) is 28.3 Å². The van der Waals surface area contributed by atoms with E-state index in [-0.39, 0.29) is 5.41 Å². The van der Waals surface area contributed by atoms with E-state index in [1.165, 1.54) is 27.6 Å². The molecule has 0 atom stereocenters. The van der Waals surface area contributed by atoms with E-state index >= 15 is 0 Å². The molecule has 2 heterocycles. The summed E-state index contributed by atoms with van der Waals surface area (Å²) in [7, 11) is 0. The van der Waals surface area contributed by atoms with Gasteiger partial charge in [0.05, 0.1) is 5.69 Å². The zero-order valence-electron chi connectivity index (χ0n) is 14.7. The number of hydrogen-bond donors (Lipinski definition) is 0. The van der Waals surface area contributed by atoms with Gasteiger partial charge in [-0.05, 0) is 17.9 Å². The van der Waals surface area contributed by atoms with Gasteiger partial charge in [-0.25, -0.2) is 4.98 Å². The van der Waals surface area contributed by atoms with Gasteiger partial charge in [0.25, 0.3) is 0 Å². The molecule has 0 aliphatic rings. The maximum atomic E-state index is 4.81. The summed E-state index contributed by atoms with van der Waals surface area (Å²) in [4.78, 5) is 4.81. The first-order valence-corrected chi connectivity index (χ1v) is 8.43. The van der Waals surface area contributed by atoms with E-state index in [2.05, 4.69) is 92.9 Å². The first kappa shape index (κ1) is 14.9. The van der Waals surface area contributed by atoms with Crippen molar-refractivity contribution in [1.82, 2.24) is 9.38 Å². The fraction of sp³-hybridized carbons (Fsp3) is 0.227. The predicted molar refractivity (Wildman–Crippen MR) is 102 cm³/mol. The maximum Gasteiger partial charge on any atom is 0.145 e. The number of hydrogen-bond acceptors (Lipinski definition) is 1. The van der Waals surface area contributed by atoms with Crippen LogP contribution >= 0.6 is 0 Å². The Kier molecular flexibility index (Phi) is 3.24. The Bertz CT molecular complexity index is 1030. The number of aromatic nitrogens is 2. The molecule has 0 fully saturated rings. The van der Waals surface area contributed by atoms with Gasteiger partial charge in [0.2, 0.25) is 0 Å². The second-order valence-electron chi connectivity index (χ2n) is 7.46. The molecule has 2 aromatic carbocycles. The highest BCUT2D eigenvalue weighted by molar-refractivity contribution is 6.04. The maximum absolute atomic E-state index is 4.81. The highest BCUT2D eigenvalue weighted by Gasteiger charge is 2.25. The topological polar surface area (TPSA) is 17.3 Å². The molecule has 0 saturated carbocycles. The molecule has 4 rings (SSSR count). The van der Waals surface area contributed by atoms with Gasteiger partial charge < -0.3 is 4.40 Å². The lowest BCUT2D eigenvalue weighted by atomic mass is 9.83. The lowest BCUT2D eigenvalue weighted by molar-refractivity contribution is 0.564. The van der Waals surface area contributed by atoms with E-state index in [0.29, 0.717) is 0 Å². The zero-order valence-corrected chi connectivity index (χ0v) is 14.7. The number of fused-ring (bicyclic) bond motifs is 3. The van der Waals surface area contributed by atoms with Gasteiger partial charge in [0.15, 0.2) is 0 Å². The van der Waals surface area contributed by atoms with Crippen LogP contribution in [0.25, 0.3) is 27.5 Å². The predicted octanol–water partition coefficient (Wildman–Crippen LogP) is 5.76. The molecular formula is C22H22N2. The van der Waals surface area contributed by atoms with Crippen molar-refractivity contribution in [2.45, 2.75) is 33.1 Å². The fourth-order valence-corrected chi connectivity index (χ4v) is 3.64. The van der Waals surface area contributed by atoms with Crippen LogP contribution < -0.4 is 0 Å². The monoisotopic (exact) mass is 314 g/mol. The largest absolute Gasteiger partial charge is 0.302 e. The third kappa shape index (κ3) is 2.22. The summed E-state index contributed by atoms with van der Waals surface area (Å²) in [6.45, 7) is 8.89. The summed E-state index contributed by atoms with van der Waals surface area (Å²) in [6, 6.07) is 19.3. The Labute approximate surface area is 142 Å². The molecule has 0 N–H and O–H groups in total. The Morgan fingerprint density at radius 2 is 1.46 bits per heavy atom. The average molecular weight is 314 g/mol. The van der Waals surface area contributed by atoms with E-state index in [9.17, 15) is 0 Å². The van der Waals surface area contributed by atoms with Crippen LogP contribution in [0.2, 0.25) is 0 Å². The molecule has 0 unspecified atom stereocenters. The van der Waals surface area contributed by atoms with Crippen molar-refractivity contribution in [3.05, 3.63) is 72.2 Å². The molecule has 0 aliphatic carbocycles. The molecule has 0 bridgehead atoms. The average Bonchev–Trinajstić information content (AvgIpc) is 2.94. The van der Waals surface area contributed by atoms with Crippen molar-refractivity contribution >= 4 is 16.4 Å². The van der Waals surface area contributed by atoms with Gasteiger partial charge in [-0.1, -0.05) is 75.4 Å². The molecular weight excluding hydrogens is 292 g/mol. The van der Waals surface area contributed by atoms with Crippen LogP contribution in [0, 0.1) is 6.92 Å². The number of nitrogens with zero attached hydrogens (tertiary/aromatic N) is 2. The number of rotatable bonds is 1. The Morgan fingerprint density at radius 3 is 2.12 bits per heavy atom. The number of aryl methyl sites for hydroxylation is 1. The van der Waals surface area contributed by atoms with Crippen LogP contribution in [0.4, 0.5) is 0 Å². The molecule has 2 aromatic heterocycles. The van der Waals surface area contributed by atoms with Gasteiger partial charge in [-0.15, -0.1) is 0 Å². The summed E-state index contributed by atoms with van der Waals surface area (Å²) in [5, 5.41) is 2.48. The van der Waals surface area contributed by atoms with Crippen molar-refractivity contribution in [2.75, 3.05) is 0 Å². The van der Waals surface area contributed by atoms with Crippen molar-refractivity contribution in [3.8, 4) is 11.1 Å². The van der Waals surface area contributed by atoms with Crippen molar-refractivity contribution in [2.24, 2.45) is 0 Å². The van der Waals surface area contributed by atoms with E-state index < -0.39 is 0 Å². The highest BCUT2D eigenvalue weighted by atomic mass is 15.0. The summed E-state index contributed by atoms with van der Waals surface area (Å²) in [5.74, 6) is 0. The van der Waals surface area contributed by atoms with Crippen LogP contribution in [-0.4, -0.2) is 9.38 Å². The van der Waals surface area contributed by atoms with Crippen LogP contribution in [0.15, 0.2) is 60.8 Å². The van der Waals surface area contributed by atoms with E-state index in [1.807, 2.05) is 0 Å².